The van der Waals surface area contributed by atoms with Crippen LogP contribution in [-0.4, -0.2) is 40.6 Å². The molecule has 1 aliphatic heterocycles. The first-order valence-corrected chi connectivity index (χ1v) is 9.17. The first kappa shape index (κ1) is 20.1. The molecule has 1 saturated heterocycles. The Hall–Kier alpha value is -2.61. The molecule has 9 heteroatoms. The number of amides is 1. The van der Waals surface area contributed by atoms with Crippen molar-refractivity contribution in [1.82, 2.24) is 4.90 Å². The van der Waals surface area contributed by atoms with Gasteiger partial charge >= 0.3 is 5.97 Å². The number of benzene rings is 2. The molecule has 0 aromatic heterocycles. The number of esters is 1. The van der Waals surface area contributed by atoms with Crippen LogP contribution >= 0.6 is 35.4 Å². The number of phenolic OH excluding ortho intramolecular Hbond substituents is 1. The van der Waals surface area contributed by atoms with Crippen molar-refractivity contribution in [2.24, 2.45) is 0 Å². The summed E-state index contributed by atoms with van der Waals surface area (Å²) in [7, 11) is 1.25. The van der Waals surface area contributed by atoms with Crippen molar-refractivity contribution in [3.05, 3.63) is 63.8 Å². The zero-order valence-electron chi connectivity index (χ0n) is 14.6. The number of aromatic hydroxyl groups is 1. The van der Waals surface area contributed by atoms with Gasteiger partial charge in [0.05, 0.1) is 17.8 Å². The molecular weight excluding hydrogens is 423 g/mol. The molecular formula is C19H14Cl2N2O4S. The fourth-order valence-electron chi connectivity index (χ4n) is 2.62. The molecule has 0 aliphatic carbocycles. The number of anilines is 1. The summed E-state index contributed by atoms with van der Waals surface area (Å²) in [6.45, 7) is -0.233. The molecule has 0 radical (unpaired) electrons. The number of rotatable bonds is 4. The van der Waals surface area contributed by atoms with Crippen LogP contribution in [0.1, 0.15) is 5.56 Å². The van der Waals surface area contributed by atoms with Crippen LogP contribution in [0.3, 0.4) is 0 Å². The van der Waals surface area contributed by atoms with E-state index in [1.165, 1.54) is 29.0 Å². The SMILES string of the molecule is COC(=O)CN1C(=S)N(c2ccc(Cl)cc2)C(=O)/C1=C/c1ccc(O)c(Cl)c1. The Balaban J connectivity index is 2.06. The molecule has 1 fully saturated rings. The van der Waals surface area contributed by atoms with Crippen molar-refractivity contribution in [2.45, 2.75) is 0 Å². The van der Waals surface area contributed by atoms with E-state index in [2.05, 4.69) is 0 Å². The number of phenols is 1. The molecule has 0 saturated carbocycles. The standard InChI is InChI=1S/C19H14Cl2N2O4S/c1-27-17(25)10-22-15(9-11-2-7-16(24)14(21)8-11)18(26)23(19(22)28)13-5-3-12(20)4-6-13/h2-9,24H,10H2,1H3/b15-9-. The number of nitrogens with zero attached hydrogens (tertiary/aromatic N) is 2. The molecule has 0 bridgehead atoms. The molecule has 0 spiro atoms. The summed E-state index contributed by atoms with van der Waals surface area (Å²) in [6.07, 6.45) is 1.54. The Bertz CT molecular complexity index is 992. The number of ether oxygens (including phenoxy) is 1. The lowest BCUT2D eigenvalue weighted by molar-refractivity contribution is -0.140. The van der Waals surface area contributed by atoms with Gasteiger partial charge in [0.2, 0.25) is 0 Å². The van der Waals surface area contributed by atoms with Gasteiger partial charge in [0.25, 0.3) is 5.91 Å². The minimum atomic E-state index is -0.553. The minimum absolute atomic E-state index is 0.0775. The number of halogens is 2. The molecule has 2 aromatic carbocycles. The Morgan fingerprint density at radius 1 is 1.21 bits per heavy atom. The van der Waals surface area contributed by atoms with E-state index < -0.39 is 11.9 Å². The van der Waals surface area contributed by atoms with E-state index in [4.69, 9.17) is 40.2 Å². The van der Waals surface area contributed by atoms with Gasteiger partial charge in [0.15, 0.2) is 5.11 Å². The smallest absolute Gasteiger partial charge is 0.325 e. The van der Waals surface area contributed by atoms with Gasteiger partial charge in [-0.05, 0) is 60.3 Å². The van der Waals surface area contributed by atoms with Crippen LogP contribution in [0.25, 0.3) is 6.08 Å². The summed E-state index contributed by atoms with van der Waals surface area (Å²) >= 11 is 17.3. The summed E-state index contributed by atoms with van der Waals surface area (Å²) in [5, 5.41) is 10.4. The fourth-order valence-corrected chi connectivity index (χ4v) is 3.28. The second-order valence-electron chi connectivity index (χ2n) is 5.80. The van der Waals surface area contributed by atoms with Gasteiger partial charge in [-0.15, -0.1) is 0 Å². The van der Waals surface area contributed by atoms with E-state index in [0.29, 0.717) is 16.3 Å². The molecule has 1 N–H and O–H groups in total. The lowest BCUT2D eigenvalue weighted by Gasteiger charge is -2.19. The third-order valence-electron chi connectivity index (χ3n) is 4.01. The fraction of sp³-hybridized carbons (Fsp3) is 0.105. The lowest BCUT2D eigenvalue weighted by atomic mass is 10.1. The predicted molar refractivity (Wildman–Crippen MR) is 111 cm³/mol. The number of methoxy groups -OCH3 is 1. The molecule has 1 heterocycles. The Morgan fingerprint density at radius 3 is 2.50 bits per heavy atom. The van der Waals surface area contributed by atoms with E-state index in [1.807, 2.05) is 0 Å². The first-order chi connectivity index (χ1) is 13.3. The molecule has 6 nitrogen and oxygen atoms in total. The normalized spacial score (nSPS) is 15.5. The number of carbonyl (C=O) groups is 2. The number of hydrogen-bond acceptors (Lipinski definition) is 5. The van der Waals surface area contributed by atoms with Gasteiger partial charge in [-0.3, -0.25) is 14.5 Å². The molecule has 28 heavy (non-hydrogen) atoms. The van der Waals surface area contributed by atoms with Crippen molar-refractivity contribution in [2.75, 3.05) is 18.6 Å². The second kappa shape index (κ2) is 8.18. The van der Waals surface area contributed by atoms with Crippen molar-refractivity contribution >= 4 is 64.2 Å². The highest BCUT2D eigenvalue weighted by atomic mass is 35.5. The second-order valence-corrected chi connectivity index (χ2v) is 7.01. The van der Waals surface area contributed by atoms with Crippen LogP contribution in [0.15, 0.2) is 48.2 Å². The summed E-state index contributed by atoms with van der Waals surface area (Å²) in [6, 6.07) is 11.1. The predicted octanol–water partition coefficient (Wildman–Crippen LogP) is 3.85. The molecule has 3 rings (SSSR count). The van der Waals surface area contributed by atoms with Crippen LogP contribution in [0, 0.1) is 0 Å². The lowest BCUT2D eigenvalue weighted by Crippen LogP contribution is -2.35. The maximum Gasteiger partial charge on any atom is 0.325 e. The van der Waals surface area contributed by atoms with Crippen molar-refractivity contribution in [3.63, 3.8) is 0 Å². The van der Waals surface area contributed by atoms with Crippen LogP contribution in [0.2, 0.25) is 10.0 Å². The van der Waals surface area contributed by atoms with Gasteiger partial charge in [0, 0.05) is 5.02 Å². The van der Waals surface area contributed by atoms with Gasteiger partial charge in [0.1, 0.15) is 18.0 Å². The topological polar surface area (TPSA) is 70.1 Å². The summed E-state index contributed by atoms with van der Waals surface area (Å²) in [5.41, 5.74) is 1.25. The number of carbonyl (C=O) groups excluding carboxylic acids is 2. The Labute approximate surface area is 176 Å². The zero-order valence-corrected chi connectivity index (χ0v) is 16.9. The van der Waals surface area contributed by atoms with Crippen LogP contribution < -0.4 is 4.90 Å². The van der Waals surface area contributed by atoms with Crippen LogP contribution in [-0.2, 0) is 14.3 Å². The highest BCUT2D eigenvalue weighted by Gasteiger charge is 2.40. The maximum atomic E-state index is 13.1. The molecule has 144 valence electrons. The van der Waals surface area contributed by atoms with E-state index in [9.17, 15) is 14.7 Å². The first-order valence-electron chi connectivity index (χ1n) is 8.00. The molecule has 0 atom stereocenters. The highest BCUT2D eigenvalue weighted by molar-refractivity contribution is 7.80. The van der Waals surface area contributed by atoms with Gasteiger partial charge in [-0.2, -0.15) is 0 Å². The maximum absolute atomic E-state index is 13.1. The van der Waals surface area contributed by atoms with E-state index in [1.54, 1.807) is 36.4 Å². The van der Waals surface area contributed by atoms with Gasteiger partial charge in [-0.25, -0.2) is 0 Å². The minimum Gasteiger partial charge on any atom is -0.506 e. The largest absolute Gasteiger partial charge is 0.506 e. The Kier molecular flexibility index (Phi) is 5.88. The molecule has 0 unspecified atom stereocenters. The van der Waals surface area contributed by atoms with Crippen LogP contribution in [0.5, 0.6) is 5.75 Å². The number of hydrogen-bond donors (Lipinski definition) is 1. The number of thiocarbonyl (C=S) groups is 1. The third-order valence-corrected chi connectivity index (χ3v) is 4.97. The Morgan fingerprint density at radius 2 is 1.89 bits per heavy atom. The third kappa shape index (κ3) is 3.96. The summed E-state index contributed by atoms with van der Waals surface area (Å²) < 4.78 is 4.72. The van der Waals surface area contributed by atoms with Crippen molar-refractivity contribution in [1.29, 1.82) is 0 Å². The summed E-state index contributed by atoms with van der Waals surface area (Å²) in [5.74, 6) is -1.05. The molecule has 1 aliphatic rings. The quantitative estimate of drug-likeness (QED) is 0.445. The summed E-state index contributed by atoms with van der Waals surface area (Å²) in [4.78, 5) is 27.6. The van der Waals surface area contributed by atoms with Crippen molar-refractivity contribution < 1.29 is 19.4 Å². The monoisotopic (exact) mass is 436 g/mol. The van der Waals surface area contributed by atoms with Gasteiger partial charge < -0.3 is 14.7 Å². The van der Waals surface area contributed by atoms with Crippen LogP contribution in [0.4, 0.5) is 5.69 Å². The van der Waals surface area contributed by atoms with E-state index >= 15 is 0 Å². The molecule has 2 aromatic rings. The van der Waals surface area contributed by atoms with E-state index in [-0.39, 0.29) is 28.1 Å². The average molecular weight is 437 g/mol. The molecule has 1 amide bonds. The highest BCUT2D eigenvalue weighted by Crippen LogP contribution is 2.31. The average Bonchev–Trinajstić information content (AvgIpc) is 2.89. The van der Waals surface area contributed by atoms with Crippen molar-refractivity contribution in [3.8, 4) is 5.75 Å². The van der Waals surface area contributed by atoms with Gasteiger partial charge in [-0.1, -0.05) is 29.3 Å². The van der Waals surface area contributed by atoms with E-state index in [0.717, 1.165) is 0 Å². The zero-order chi connectivity index (χ0) is 20.4.